The Labute approximate surface area is 179 Å². The summed E-state index contributed by atoms with van der Waals surface area (Å²) in [4.78, 5) is 39.9. The average molecular weight is 418 g/mol. The Morgan fingerprint density at radius 1 is 1.10 bits per heavy atom. The third-order valence-corrected chi connectivity index (χ3v) is 4.53. The monoisotopic (exact) mass is 417 g/mol. The van der Waals surface area contributed by atoms with Crippen molar-refractivity contribution in [2.24, 2.45) is 0 Å². The van der Waals surface area contributed by atoms with E-state index < -0.39 is 17.7 Å². The third kappa shape index (κ3) is 7.04. The molecule has 7 heteroatoms. The van der Waals surface area contributed by atoms with Crippen LogP contribution in [0.2, 0.25) is 0 Å². The molecule has 0 aliphatic heterocycles. The maximum Gasteiger partial charge on any atom is 0.408 e. The van der Waals surface area contributed by atoms with Gasteiger partial charge in [0, 0.05) is 12.1 Å². The van der Waals surface area contributed by atoms with Crippen LogP contribution in [0.4, 0.5) is 4.79 Å². The topological polar surface area (TPSA) is 87.7 Å². The molecule has 1 fully saturated rings. The minimum Gasteiger partial charge on any atom is -0.444 e. The third-order valence-electron chi connectivity index (χ3n) is 4.53. The summed E-state index contributed by atoms with van der Waals surface area (Å²) < 4.78 is 5.22. The van der Waals surface area contributed by atoms with Crippen LogP contribution in [0, 0.1) is 13.8 Å². The van der Waals surface area contributed by atoms with E-state index in [1.54, 1.807) is 25.7 Å². The van der Waals surface area contributed by atoms with Gasteiger partial charge in [-0.1, -0.05) is 29.3 Å². The molecule has 0 radical (unpaired) electrons. The van der Waals surface area contributed by atoms with Gasteiger partial charge in [0.1, 0.15) is 18.2 Å². The molecule has 30 heavy (non-hydrogen) atoms. The van der Waals surface area contributed by atoms with Crippen LogP contribution in [0.25, 0.3) is 0 Å². The molecule has 2 rings (SSSR count). The van der Waals surface area contributed by atoms with E-state index in [-0.39, 0.29) is 30.4 Å². The summed E-state index contributed by atoms with van der Waals surface area (Å²) >= 11 is 0. The zero-order valence-electron chi connectivity index (χ0n) is 19.2. The summed E-state index contributed by atoms with van der Waals surface area (Å²) in [5, 5.41) is 5.48. The molecule has 0 saturated heterocycles. The van der Waals surface area contributed by atoms with Crippen molar-refractivity contribution in [3.05, 3.63) is 34.9 Å². The minimum absolute atomic E-state index is 0.0123. The number of rotatable bonds is 7. The lowest BCUT2D eigenvalue weighted by Gasteiger charge is -2.32. The lowest BCUT2D eigenvalue weighted by molar-refractivity contribution is -0.141. The number of nitrogens with one attached hydrogen (secondary N) is 2. The Hall–Kier alpha value is -2.57. The van der Waals surface area contributed by atoms with Crippen LogP contribution in [0.15, 0.2) is 18.2 Å². The molecule has 3 amide bonds. The summed E-state index contributed by atoms with van der Waals surface area (Å²) in [7, 11) is 0. The first-order valence-corrected chi connectivity index (χ1v) is 10.5. The molecule has 0 spiro atoms. The van der Waals surface area contributed by atoms with E-state index in [2.05, 4.69) is 10.6 Å². The van der Waals surface area contributed by atoms with Gasteiger partial charge in [-0.3, -0.25) is 9.59 Å². The van der Waals surface area contributed by atoms with Crippen LogP contribution in [-0.2, 0) is 14.3 Å². The fourth-order valence-electron chi connectivity index (χ4n) is 3.43. The molecule has 7 nitrogen and oxygen atoms in total. The number of hydrogen-bond acceptors (Lipinski definition) is 4. The van der Waals surface area contributed by atoms with Crippen molar-refractivity contribution >= 4 is 17.9 Å². The molecule has 0 aromatic heterocycles. The fourth-order valence-corrected chi connectivity index (χ4v) is 3.43. The smallest absolute Gasteiger partial charge is 0.408 e. The summed E-state index contributed by atoms with van der Waals surface area (Å²) in [6.45, 7) is 12.8. The Morgan fingerprint density at radius 2 is 1.67 bits per heavy atom. The van der Waals surface area contributed by atoms with E-state index in [1.807, 2.05) is 45.9 Å². The second-order valence-electron chi connectivity index (χ2n) is 9.37. The number of ether oxygens (including phenoxy) is 1. The molecule has 1 aromatic carbocycles. The number of nitrogens with zero attached hydrogens (tertiary/aromatic N) is 1. The van der Waals surface area contributed by atoms with Gasteiger partial charge in [0.2, 0.25) is 11.8 Å². The largest absolute Gasteiger partial charge is 0.444 e. The number of carbonyl (C=O) groups excluding carboxylic acids is 3. The lowest BCUT2D eigenvalue weighted by Crippen LogP contribution is -2.49. The summed E-state index contributed by atoms with van der Waals surface area (Å²) in [6.07, 6.45) is 1.03. The Bertz CT molecular complexity index is 774. The van der Waals surface area contributed by atoms with Crippen molar-refractivity contribution in [2.75, 3.05) is 6.54 Å². The summed E-state index contributed by atoms with van der Waals surface area (Å²) in [5.41, 5.74) is 2.19. The predicted octanol–water partition coefficient (Wildman–Crippen LogP) is 3.38. The Balaban J connectivity index is 2.29. The maximum absolute atomic E-state index is 13.2. The van der Waals surface area contributed by atoms with E-state index in [4.69, 9.17) is 4.74 Å². The second-order valence-corrected chi connectivity index (χ2v) is 9.37. The molecule has 2 N–H and O–H groups in total. The molecular weight excluding hydrogens is 382 g/mol. The van der Waals surface area contributed by atoms with Gasteiger partial charge < -0.3 is 20.3 Å². The number of alkyl carbamates (subject to hydrolysis) is 1. The number of carbonyl (C=O) groups is 3. The van der Waals surface area contributed by atoms with Gasteiger partial charge in [-0.25, -0.2) is 4.79 Å². The summed E-state index contributed by atoms with van der Waals surface area (Å²) in [5.74, 6) is -0.515. The van der Waals surface area contributed by atoms with Gasteiger partial charge in [0.15, 0.2) is 0 Å². The predicted molar refractivity (Wildman–Crippen MR) is 116 cm³/mol. The number of benzene rings is 1. The fraction of sp³-hybridized carbons (Fsp3) is 0.609. The van der Waals surface area contributed by atoms with E-state index in [0.29, 0.717) is 0 Å². The molecule has 1 aromatic rings. The van der Waals surface area contributed by atoms with E-state index in [0.717, 1.165) is 29.5 Å². The Kier molecular flexibility index (Phi) is 7.50. The van der Waals surface area contributed by atoms with Gasteiger partial charge >= 0.3 is 6.09 Å². The zero-order valence-corrected chi connectivity index (χ0v) is 19.2. The molecule has 1 unspecified atom stereocenters. The van der Waals surface area contributed by atoms with Crippen LogP contribution < -0.4 is 10.6 Å². The zero-order chi connectivity index (χ0) is 22.6. The molecule has 1 atom stereocenters. The number of hydrogen-bond donors (Lipinski definition) is 2. The number of aryl methyl sites for hydroxylation is 2. The van der Waals surface area contributed by atoms with Crippen molar-refractivity contribution < 1.29 is 19.1 Å². The highest BCUT2D eigenvalue weighted by Crippen LogP contribution is 2.35. The standard InChI is InChI=1S/C23H35N3O4/c1-14(2)25-21(28)20(17-11-15(3)10-16(4)12-17)26(18-8-9-18)19(27)13-24-22(29)30-23(5,6)7/h10-12,14,18,20H,8-9,13H2,1-7H3,(H,24,29)(H,25,28). The average Bonchev–Trinajstić information content (AvgIpc) is 3.38. The molecule has 0 heterocycles. The first kappa shape index (κ1) is 23.7. The highest BCUT2D eigenvalue weighted by molar-refractivity contribution is 5.91. The van der Waals surface area contributed by atoms with Gasteiger partial charge in [0.25, 0.3) is 0 Å². The molecular formula is C23H35N3O4. The van der Waals surface area contributed by atoms with Gasteiger partial charge in [-0.05, 0) is 66.9 Å². The normalized spacial score (nSPS) is 14.8. The van der Waals surface area contributed by atoms with Crippen LogP contribution in [-0.4, -0.2) is 47.0 Å². The van der Waals surface area contributed by atoms with Crippen LogP contribution in [0.1, 0.15) is 70.2 Å². The van der Waals surface area contributed by atoms with Crippen molar-refractivity contribution in [3.63, 3.8) is 0 Å². The highest BCUT2D eigenvalue weighted by Gasteiger charge is 2.41. The first-order valence-electron chi connectivity index (χ1n) is 10.5. The van der Waals surface area contributed by atoms with Crippen LogP contribution in [0.5, 0.6) is 0 Å². The van der Waals surface area contributed by atoms with Crippen molar-refractivity contribution in [2.45, 2.75) is 85.0 Å². The second kappa shape index (κ2) is 9.49. The van der Waals surface area contributed by atoms with Crippen LogP contribution >= 0.6 is 0 Å². The number of amides is 3. The van der Waals surface area contributed by atoms with E-state index in [1.165, 1.54) is 0 Å². The molecule has 0 bridgehead atoms. The maximum atomic E-state index is 13.2. The Morgan fingerprint density at radius 3 is 2.13 bits per heavy atom. The van der Waals surface area contributed by atoms with Crippen molar-refractivity contribution in [1.82, 2.24) is 15.5 Å². The first-order chi connectivity index (χ1) is 13.9. The quantitative estimate of drug-likeness (QED) is 0.712. The molecule has 1 aliphatic carbocycles. The minimum atomic E-state index is -0.744. The molecule has 1 aliphatic rings. The molecule has 166 valence electrons. The van der Waals surface area contributed by atoms with Crippen molar-refractivity contribution in [1.29, 1.82) is 0 Å². The summed E-state index contributed by atoms with van der Waals surface area (Å²) in [6, 6.07) is 5.12. The van der Waals surface area contributed by atoms with Gasteiger partial charge in [0.05, 0.1) is 0 Å². The lowest BCUT2D eigenvalue weighted by atomic mass is 9.98. The van der Waals surface area contributed by atoms with E-state index >= 15 is 0 Å². The van der Waals surface area contributed by atoms with Gasteiger partial charge in [-0.2, -0.15) is 0 Å². The van der Waals surface area contributed by atoms with E-state index in [9.17, 15) is 14.4 Å². The SMILES string of the molecule is Cc1cc(C)cc(C(C(=O)NC(C)C)N(C(=O)CNC(=O)OC(C)(C)C)C2CC2)c1. The van der Waals surface area contributed by atoms with Gasteiger partial charge in [-0.15, -0.1) is 0 Å². The van der Waals surface area contributed by atoms with Crippen LogP contribution in [0.3, 0.4) is 0 Å². The molecule has 1 saturated carbocycles. The van der Waals surface area contributed by atoms with Crippen molar-refractivity contribution in [3.8, 4) is 0 Å². The highest BCUT2D eigenvalue weighted by atomic mass is 16.6.